The van der Waals surface area contributed by atoms with E-state index in [1.54, 1.807) is 4.57 Å². The summed E-state index contributed by atoms with van der Waals surface area (Å²) in [6.07, 6.45) is 0. The molecule has 0 fully saturated rings. The molecule has 0 unspecified atom stereocenters. The second-order valence-corrected chi connectivity index (χ2v) is 10.3. The van der Waals surface area contributed by atoms with Gasteiger partial charge in [-0.3, -0.25) is 14.2 Å². The van der Waals surface area contributed by atoms with Crippen LogP contribution in [0.2, 0.25) is 0 Å². The first kappa shape index (κ1) is 23.1. The van der Waals surface area contributed by atoms with Gasteiger partial charge >= 0.3 is 0 Å². The molecule has 0 aliphatic carbocycles. The van der Waals surface area contributed by atoms with Gasteiger partial charge in [-0.25, -0.2) is 4.98 Å². The van der Waals surface area contributed by atoms with E-state index in [0.717, 1.165) is 32.9 Å². The maximum Gasteiger partial charge on any atom is 0.268 e. The molecular weight excluding hydrogens is 474 g/mol. The molecule has 0 saturated carbocycles. The number of nitrogens with zero attached hydrogens (tertiary/aromatic N) is 2. The minimum Gasteiger partial charge on any atom is -0.325 e. The van der Waals surface area contributed by atoms with Gasteiger partial charge in [0.2, 0.25) is 5.91 Å². The van der Waals surface area contributed by atoms with Gasteiger partial charge in [0, 0.05) is 16.1 Å². The maximum atomic E-state index is 13.9. The van der Waals surface area contributed by atoms with Crippen molar-refractivity contribution in [2.24, 2.45) is 0 Å². The molecule has 1 amide bonds. The minimum absolute atomic E-state index is 0.133. The summed E-state index contributed by atoms with van der Waals surface area (Å²) >= 11 is 2.77. The van der Waals surface area contributed by atoms with E-state index < -0.39 is 0 Å². The number of anilines is 1. The lowest BCUT2D eigenvalue weighted by Crippen LogP contribution is -2.22. The molecule has 5 nitrogen and oxygen atoms in total. The molecular formula is C28H23N3O2S2. The van der Waals surface area contributed by atoms with Gasteiger partial charge in [0.15, 0.2) is 5.16 Å². The quantitative estimate of drug-likeness (QED) is 0.216. The first-order chi connectivity index (χ1) is 17.0. The Kier molecular flexibility index (Phi) is 6.53. The lowest BCUT2D eigenvalue weighted by molar-refractivity contribution is -0.113. The standard InChI is InChI=1S/C28H23N3O2S2/c1-18-10-9-13-21(16-18)29-23(32)17-34-28-30-26-25(27(33)31(28)22-14-7-4-8-15-22)24(19(2)35-26)20-11-5-3-6-12-20/h3-16H,17H2,1-2H3,(H,29,32). The highest BCUT2D eigenvalue weighted by molar-refractivity contribution is 7.99. The van der Waals surface area contributed by atoms with Gasteiger partial charge in [-0.15, -0.1) is 11.3 Å². The fraction of sp³-hybridized carbons (Fsp3) is 0.107. The van der Waals surface area contributed by atoms with Crippen molar-refractivity contribution >= 4 is 44.9 Å². The van der Waals surface area contributed by atoms with Crippen LogP contribution in [-0.4, -0.2) is 21.2 Å². The largest absolute Gasteiger partial charge is 0.325 e. The molecule has 0 aliphatic heterocycles. The number of hydrogen-bond acceptors (Lipinski definition) is 5. The molecule has 7 heteroatoms. The Balaban J connectivity index is 1.57. The zero-order valence-electron chi connectivity index (χ0n) is 19.3. The first-order valence-corrected chi connectivity index (χ1v) is 13.0. The van der Waals surface area contributed by atoms with Crippen LogP contribution < -0.4 is 10.9 Å². The normalized spacial score (nSPS) is 11.0. The Morgan fingerprint density at radius 1 is 0.971 bits per heavy atom. The summed E-state index contributed by atoms with van der Waals surface area (Å²) in [5, 5.41) is 4.03. The number of carbonyl (C=O) groups is 1. The summed E-state index contributed by atoms with van der Waals surface area (Å²) in [6.45, 7) is 4.00. The number of benzene rings is 3. The molecule has 0 atom stereocenters. The second kappa shape index (κ2) is 9.90. The van der Waals surface area contributed by atoms with Crippen molar-refractivity contribution in [3.63, 3.8) is 0 Å². The second-order valence-electron chi connectivity index (χ2n) is 8.16. The van der Waals surface area contributed by atoms with E-state index in [1.165, 1.54) is 23.1 Å². The molecule has 0 spiro atoms. The number of para-hydroxylation sites is 1. The zero-order valence-corrected chi connectivity index (χ0v) is 21.0. The number of carbonyl (C=O) groups excluding carboxylic acids is 1. The summed E-state index contributed by atoms with van der Waals surface area (Å²) in [5.74, 6) is -0.0175. The fourth-order valence-corrected chi connectivity index (χ4v) is 5.95. The predicted octanol–water partition coefficient (Wildman–Crippen LogP) is 6.46. The van der Waals surface area contributed by atoms with Crippen LogP contribution in [0.4, 0.5) is 5.69 Å². The molecule has 0 bridgehead atoms. The smallest absolute Gasteiger partial charge is 0.268 e. The Morgan fingerprint density at radius 2 is 1.69 bits per heavy atom. The van der Waals surface area contributed by atoms with E-state index in [2.05, 4.69) is 5.32 Å². The highest BCUT2D eigenvalue weighted by atomic mass is 32.2. The third-order valence-corrected chi connectivity index (χ3v) is 7.52. The lowest BCUT2D eigenvalue weighted by atomic mass is 10.0. The predicted molar refractivity (Wildman–Crippen MR) is 146 cm³/mol. The van der Waals surface area contributed by atoms with Crippen LogP contribution in [0.1, 0.15) is 10.4 Å². The number of aryl methyl sites for hydroxylation is 2. The molecule has 0 radical (unpaired) electrons. The molecule has 174 valence electrons. The summed E-state index contributed by atoms with van der Waals surface area (Å²) in [4.78, 5) is 33.2. The van der Waals surface area contributed by atoms with E-state index >= 15 is 0 Å². The summed E-state index contributed by atoms with van der Waals surface area (Å²) in [6, 6.07) is 27.1. The Bertz CT molecular complexity index is 1580. The third kappa shape index (κ3) is 4.78. The van der Waals surface area contributed by atoms with Crippen molar-refractivity contribution in [2.45, 2.75) is 19.0 Å². The molecule has 35 heavy (non-hydrogen) atoms. The number of hydrogen-bond donors (Lipinski definition) is 1. The van der Waals surface area contributed by atoms with Crippen molar-refractivity contribution in [1.82, 2.24) is 9.55 Å². The first-order valence-electron chi connectivity index (χ1n) is 11.2. The van der Waals surface area contributed by atoms with Gasteiger partial charge in [0.1, 0.15) is 4.83 Å². The van der Waals surface area contributed by atoms with Crippen molar-refractivity contribution in [3.8, 4) is 16.8 Å². The number of rotatable bonds is 6. The molecule has 0 aliphatic rings. The van der Waals surface area contributed by atoms with Crippen LogP contribution in [0, 0.1) is 13.8 Å². The average Bonchev–Trinajstić information content (AvgIpc) is 3.20. The monoisotopic (exact) mass is 497 g/mol. The molecule has 5 aromatic rings. The maximum absolute atomic E-state index is 13.9. The van der Waals surface area contributed by atoms with Gasteiger partial charge < -0.3 is 5.32 Å². The average molecular weight is 498 g/mol. The third-order valence-electron chi connectivity index (χ3n) is 5.58. The fourth-order valence-electron chi connectivity index (χ4n) is 4.05. The number of nitrogens with one attached hydrogen (secondary N) is 1. The van der Waals surface area contributed by atoms with Crippen LogP contribution in [0.5, 0.6) is 0 Å². The summed E-state index contributed by atoms with van der Waals surface area (Å²) < 4.78 is 1.62. The number of aromatic nitrogens is 2. The van der Waals surface area contributed by atoms with Crippen LogP contribution in [0.15, 0.2) is 94.9 Å². The van der Waals surface area contributed by atoms with Crippen LogP contribution in [-0.2, 0) is 4.79 Å². The van der Waals surface area contributed by atoms with Gasteiger partial charge in [-0.2, -0.15) is 0 Å². The topological polar surface area (TPSA) is 64.0 Å². The molecule has 1 N–H and O–H groups in total. The Labute approximate surface area is 211 Å². The highest BCUT2D eigenvalue weighted by Crippen LogP contribution is 2.37. The van der Waals surface area contributed by atoms with Crippen LogP contribution in [0.25, 0.3) is 27.0 Å². The molecule has 5 rings (SSSR count). The van der Waals surface area contributed by atoms with Crippen molar-refractivity contribution in [1.29, 1.82) is 0 Å². The summed E-state index contributed by atoms with van der Waals surface area (Å²) in [5.41, 5.74) is 4.32. The van der Waals surface area contributed by atoms with Crippen molar-refractivity contribution in [3.05, 3.63) is 106 Å². The van der Waals surface area contributed by atoms with Gasteiger partial charge in [-0.1, -0.05) is 72.4 Å². The van der Waals surface area contributed by atoms with Crippen LogP contribution in [0.3, 0.4) is 0 Å². The number of thiophene rings is 1. The molecule has 2 heterocycles. The van der Waals surface area contributed by atoms with Crippen molar-refractivity contribution in [2.75, 3.05) is 11.1 Å². The number of amides is 1. The van der Waals surface area contributed by atoms with Gasteiger partial charge in [0.05, 0.1) is 16.8 Å². The zero-order chi connectivity index (χ0) is 24.4. The molecule has 2 aromatic heterocycles. The Hall–Kier alpha value is -3.68. The van der Waals surface area contributed by atoms with Gasteiger partial charge in [0.25, 0.3) is 5.56 Å². The SMILES string of the molecule is Cc1cccc(NC(=O)CSc2nc3sc(C)c(-c4ccccc4)c3c(=O)n2-c2ccccc2)c1. The van der Waals surface area contributed by atoms with Crippen molar-refractivity contribution < 1.29 is 4.79 Å². The summed E-state index contributed by atoms with van der Waals surface area (Å²) in [7, 11) is 0. The molecule has 0 saturated heterocycles. The minimum atomic E-state index is -0.151. The van der Waals surface area contributed by atoms with E-state index in [9.17, 15) is 9.59 Å². The highest BCUT2D eigenvalue weighted by Gasteiger charge is 2.21. The molecule has 3 aromatic carbocycles. The lowest BCUT2D eigenvalue weighted by Gasteiger charge is -2.13. The number of fused-ring (bicyclic) bond motifs is 1. The Morgan fingerprint density at radius 3 is 2.40 bits per heavy atom. The van der Waals surface area contributed by atoms with Gasteiger partial charge in [-0.05, 0) is 49.2 Å². The van der Waals surface area contributed by atoms with E-state index in [4.69, 9.17) is 4.98 Å². The van der Waals surface area contributed by atoms with E-state index in [0.29, 0.717) is 15.4 Å². The number of thioether (sulfide) groups is 1. The van der Waals surface area contributed by atoms with Crippen LogP contribution >= 0.6 is 23.1 Å². The van der Waals surface area contributed by atoms with E-state index in [1.807, 2.05) is 98.8 Å². The van der Waals surface area contributed by atoms with E-state index in [-0.39, 0.29) is 17.2 Å².